The van der Waals surface area contributed by atoms with E-state index in [1.165, 1.54) is 133 Å². The van der Waals surface area contributed by atoms with Crippen molar-refractivity contribution in [1.82, 2.24) is 38.2 Å². The SMILES string of the molecule is Cc1c(-c2cccc[n+]2C)cc2ccccc2c1-c1nccn1C.Cc1c(-c2nccn2C)cc2ccccc2c1-c1cccc[n+]1C.Cc1c(-c2nccn2C)cccc1-c1c2ccccc2cc[n+]1C.Cc1c(-c2nccn2C)cccc1-c1cc2ccccc2c[n+]1C. The Hall–Kier alpha value is -11.8. The number of hydrogen-bond donors (Lipinski definition) is 0. The summed E-state index contributed by atoms with van der Waals surface area (Å²) in [5.74, 6) is 4.00. The van der Waals surface area contributed by atoms with Crippen LogP contribution in [0.5, 0.6) is 0 Å². The van der Waals surface area contributed by atoms with E-state index in [0.717, 1.165) is 23.3 Å². The van der Waals surface area contributed by atoms with Gasteiger partial charge in [-0.05, 0) is 131 Å². The van der Waals surface area contributed by atoms with E-state index in [1.54, 1.807) is 0 Å². The molecule has 0 amide bonds. The highest BCUT2D eigenvalue weighted by atomic mass is 15.1. The Morgan fingerprint density at radius 1 is 0.281 bits per heavy atom. The van der Waals surface area contributed by atoms with Crippen molar-refractivity contribution in [2.45, 2.75) is 27.7 Å². The second-order valence-corrected chi connectivity index (χ2v) is 24.8. The number of hydrogen-bond acceptors (Lipinski definition) is 4. The first-order valence-corrected chi connectivity index (χ1v) is 32.5. The van der Waals surface area contributed by atoms with E-state index in [-0.39, 0.29) is 0 Å². The van der Waals surface area contributed by atoms with E-state index < -0.39 is 0 Å². The van der Waals surface area contributed by atoms with Gasteiger partial charge in [-0.15, -0.1) is 0 Å². The van der Waals surface area contributed by atoms with Crippen LogP contribution in [-0.4, -0.2) is 38.2 Å². The number of fused-ring (bicyclic) bond motifs is 4. The van der Waals surface area contributed by atoms with Crippen molar-refractivity contribution < 1.29 is 18.3 Å². The van der Waals surface area contributed by atoms with Gasteiger partial charge in [0.1, 0.15) is 51.5 Å². The molecule has 0 aliphatic heterocycles. The highest BCUT2D eigenvalue weighted by Gasteiger charge is 2.24. The second-order valence-electron chi connectivity index (χ2n) is 24.8. The molecule has 0 spiro atoms. The summed E-state index contributed by atoms with van der Waals surface area (Å²) in [5, 5.41) is 10.0. The molecule has 0 bridgehead atoms. The zero-order chi connectivity index (χ0) is 66.7. The maximum atomic E-state index is 4.61. The molecule has 472 valence electrons. The van der Waals surface area contributed by atoms with Gasteiger partial charge in [-0.25, -0.2) is 38.2 Å². The second kappa shape index (κ2) is 27.1. The van der Waals surface area contributed by atoms with Gasteiger partial charge in [0.15, 0.2) is 24.8 Å². The van der Waals surface area contributed by atoms with Crippen molar-refractivity contribution in [3.05, 3.63) is 291 Å². The fourth-order valence-corrected chi connectivity index (χ4v) is 13.6. The molecule has 12 nitrogen and oxygen atoms in total. The molecule has 12 heteroatoms. The first kappa shape index (κ1) is 63.0. The molecular formula is C84H80N12+4. The lowest BCUT2D eigenvalue weighted by molar-refractivity contribution is -0.660. The van der Waals surface area contributed by atoms with E-state index in [0.29, 0.717) is 0 Å². The Bertz CT molecular complexity index is 5530. The molecule has 0 atom stereocenters. The number of benzene rings is 8. The van der Waals surface area contributed by atoms with Gasteiger partial charge in [0, 0.05) is 147 Å². The first-order valence-electron chi connectivity index (χ1n) is 32.5. The predicted octanol–water partition coefficient (Wildman–Crippen LogP) is 16.2. The molecule has 8 aromatic heterocycles. The molecule has 0 radical (unpaired) electrons. The van der Waals surface area contributed by atoms with Crippen molar-refractivity contribution in [2.24, 2.45) is 56.4 Å². The predicted molar refractivity (Wildman–Crippen MR) is 390 cm³/mol. The van der Waals surface area contributed by atoms with Gasteiger partial charge in [0.05, 0.1) is 22.1 Å². The largest absolute Gasteiger partial charge is 0.334 e. The number of nitrogens with zero attached hydrogens (tertiary/aromatic N) is 12. The van der Waals surface area contributed by atoms with E-state index in [2.05, 4.69) is 331 Å². The van der Waals surface area contributed by atoms with Gasteiger partial charge in [-0.2, -0.15) is 0 Å². The zero-order valence-electron chi connectivity index (χ0n) is 56.8. The van der Waals surface area contributed by atoms with Crippen LogP contribution in [0.4, 0.5) is 0 Å². The van der Waals surface area contributed by atoms with Gasteiger partial charge in [-0.1, -0.05) is 109 Å². The molecule has 8 heterocycles. The van der Waals surface area contributed by atoms with Crippen LogP contribution >= 0.6 is 0 Å². The van der Waals surface area contributed by atoms with Gasteiger partial charge >= 0.3 is 0 Å². The first-order chi connectivity index (χ1) is 46.6. The summed E-state index contributed by atoms with van der Waals surface area (Å²) >= 11 is 0. The third-order valence-corrected chi connectivity index (χ3v) is 18.7. The third kappa shape index (κ3) is 12.2. The minimum atomic E-state index is 0.997. The van der Waals surface area contributed by atoms with Crippen LogP contribution in [-0.2, 0) is 56.4 Å². The molecule has 0 fully saturated rings. The number of aromatic nitrogens is 12. The van der Waals surface area contributed by atoms with Crippen LogP contribution in [0.2, 0.25) is 0 Å². The number of aryl methyl sites for hydroxylation is 8. The van der Waals surface area contributed by atoms with Crippen LogP contribution in [0.3, 0.4) is 0 Å². The van der Waals surface area contributed by atoms with E-state index in [1.807, 2.05) is 77.8 Å². The highest BCUT2D eigenvalue weighted by molar-refractivity contribution is 6.02. The van der Waals surface area contributed by atoms with E-state index in [4.69, 9.17) is 0 Å². The Kier molecular flexibility index (Phi) is 17.8. The molecule has 16 rings (SSSR count). The molecule has 0 saturated heterocycles. The average Bonchev–Trinajstić information content (AvgIpc) is 1.08. The van der Waals surface area contributed by atoms with Crippen molar-refractivity contribution in [3.8, 4) is 90.6 Å². The summed E-state index contributed by atoms with van der Waals surface area (Å²) in [5.41, 5.74) is 19.6. The zero-order valence-corrected chi connectivity index (χ0v) is 56.8. The van der Waals surface area contributed by atoms with Gasteiger partial charge in [-0.3, -0.25) is 0 Å². The topological polar surface area (TPSA) is 86.8 Å². The van der Waals surface area contributed by atoms with E-state index >= 15 is 0 Å². The Morgan fingerprint density at radius 3 is 1.26 bits per heavy atom. The van der Waals surface area contributed by atoms with Crippen LogP contribution < -0.4 is 18.3 Å². The molecule has 0 aliphatic rings. The van der Waals surface area contributed by atoms with Gasteiger partial charge < -0.3 is 18.3 Å². The van der Waals surface area contributed by atoms with Gasteiger partial charge in [0.25, 0.3) is 0 Å². The Morgan fingerprint density at radius 2 is 0.708 bits per heavy atom. The highest BCUT2D eigenvalue weighted by Crippen LogP contribution is 2.40. The number of pyridine rings is 4. The summed E-state index contributed by atoms with van der Waals surface area (Å²) in [7, 11) is 16.5. The quantitative estimate of drug-likeness (QED) is 0.142. The number of rotatable bonds is 8. The molecule has 8 aromatic carbocycles. The molecule has 96 heavy (non-hydrogen) atoms. The van der Waals surface area contributed by atoms with Gasteiger partial charge in [0.2, 0.25) is 22.8 Å². The van der Waals surface area contributed by atoms with Crippen LogP contribution in [0.1, 0.15) is 22.3 Å². The Balaban J connectivity index is 0.000000116. The number of imidazole rings is 4. The van der Waals surface area contributed by atoms with Crippen LogP contribution in [0.15, 0.2) is 268 Å². The maximum absolute atomic E-state index is 4.61. The Labute approximate surface area is 561 Å². The fraction of sp³-hybridized carbons (Fsp3) is 0.143. The normalized spacial score (nSPS) is 11.1. The summed E-state index contributed by atoms with van der Waals surface area (Å²) in [6.45, 7) is 8.74. The van der Waals surface area contributed by atoms with Crippen LogP contribution in [0, 0.1) is 27.7 Å². The summed E-state index contributed by atoms with van der Waals surface area (Å²) in [4.78, 5) is 18.2. The minimum Gasteiger partial charge on any atom is -0.334 e. The summed E-state index contributed by atoms with van der Waals surface area (Å²) in [6.07, 6.45) is 23.9. The lowest BCUT2D eigenvalue weighted by atomic mass is 9.92. The molecule has 0 unspecified atom stereocenters. The fourth-order valence-electron chi connectivity index (χ4n) is 13.6. The minimum absolute atomic E-state index is 0.997. The van der Waals surface area contributed by atoms with Crippen molar-refractivity contribution in [3.63, 3.8) is 0 Å². The summed E-state index contributed by atoms with van der Waals surface area (Å²) < 4.78 is 17.0. The monoisotopic (exact) mass is 1260 g/mol. The standard InChI is InChI=1S/4C21H20N3/c1-15-18(21-22-11-13-24(21)3)14-16-8-4-5-9-17(16)20(15)19-10-6-7-12-23(19)2;1-15-18(19-10-6-7-12-23(19)2)14-16-8-4-5-9-17(16)20(15)21-22-11-13-24(21)3;1-15-17(9-6-10-18(15)21-22-12-14-24(21)3)20-19-8-5-4-7-16(19)11-13-23(20)2;1-15-18(9-6-10-19(15)21-22-11-12-23(21)2)20-13-16-7-4-5-8-17(16)14-24(20)3/h4*4-14H,1-3H3/q4*+1. The molecule has 0 aliphatic carbocycles. The average molecular weight is 1260 g/mol. The maximum Gasteiger partial charge on any atom is 0.220 e. The molecular weight excluding hydrogens is 1180 g/mol. The van der Waals surface area contributed by atoms with Crippen molar-refractivity contribution in [1.29, 1.82) is 0 Å². The molecule has 16 aromatic rings. The van der Waals surface area contributed by atoms with Crippen molar-refractivity contribution >= 4 is 43.1 Å². The lowest BCUT2D eigenvalue weighted by Gasteiger charge is -2.14. The van der Waals surface area contributed by atoms with Crippen LogP contribution in [0.25, 0.3) is 134 Å². The van der Waals surface area contributed by atoms with E-state index in [9.17, 15) is 0 Å². The smallest absolute Gasteiger partial charge is 0.220 e. The summed E-state index contributed by atoms with van der Waals surface area (Å²) in [6, 6.07) is 68.6. The lowest BCUT2D eigenvalue weighted by Crippen LogP contribution is -2.30. The third-order valence-electron chi connectivity index (χ3n) is 18.7. The van der Waals surface area contributed by atoms with Crippen molar-refractivity contribution in [2.75, 3.05) is 0 Å². The molecule has 0 N–H and O–H groups in total. The molecule has 0 saturated carbocycles.